The Morgan fingerprint density at radius 2 is 1.78 bits per heavy atom. The van der Waals surface area contributed by atoms with E-state index >= 15 is 0 Å². The van der Waals surface area contributed by atoms with E-state index < -0.39 is 0 Å². The van der Waals surface area contributed by atoms with Crippen LogP contribution in [0.5, 0.6) is 0 Å². The largest absolute Gasteiger partial charge is 0.378 e. The molecule has 3 aromatic rings. The molecule has 1 saturated carbocycles. The molecule has 1 heterocycles. The normalized spacial score (nSPS) is 14.3. The summed E-state index contributed by atoms with van der Waals surface area (Å²) in [5, 5.41) is 15.9. The molecule has 0 aliphatic heterocycles. The Morgan fingerprint density at radius 3 is 2.53 bits per heavy atom. The second-order valence-corrected chi connectivity index (χ2v) is 8.96. The fraction of sp³-hybridized carbons (Fsp3) is 0.375. The maximum Gasteiger partial charge on any atom is 0.230 e. The van der Waals surface area contributed by atoms with Gasteiger partial charge in [0.2, 0.25) is 5.91 Å². The lowest BCUT2D eigenvalue weighted by molar-refractivity contribution is -0.119. The van der Waals surface area contributed by atoms with Crippen molar-refractivity contribution in [3.8, 4) is 0 Å². The van der Waals surface area contributed by atoms with Crippen LogP contribution < -0.4 is 10.6 Å². The third kappa shape index (κ3) is 6.32. The molecule has 0 atom stereocenters. The molecule has 1 fully saturated rings. The molecule has 1 aliphatic rings. The van der Waals surface area contributed by atoms with E-state index in [0.717, 1.165) is 29.9 Å². The molecule has 0 unspecified atom stereocenters. The maximum atomic E-state index is 13.2. The molecule has 2 aromatic carbocycles. The zero-order chi connectivity index (χ0) is 22.2. The second kappa shape index (κ2) is 11.1. The van der Waals surface area contributed by atoms with Crippen molar-refractivity contribution < 1.29 is 9.18 Å². The maximum absolute atomic E-state index is 13.2. The summed E-state index contributed by atoms with van der Waals surface area (Å²) in [6.07, 6.45) is 5.78. The van der Waals surface area contributed by atoms with Crippen LogP contribution in [0.3, 0.4) is 0 Å². The van der Waals surface area contributed by atoms with Crippen LogP contribution in [-0.2, 0) is 17.9 Å². The molecule has 4 rings (SSSR count). The molecule has 1 aliphatic carbocycles. The SMILES string of the molecule is O=C(CSc1nnc(CNc2ccc(F)cc2)n1Cc1ccccc1)NC1CCCCC1. The Labute approximate surface area is 192 Å². The van der Waals surface area contributed by atoms with Gasteiger partial charge in [0, 0.05) is 11.7 Å². The van der Waals surface area contributed by atoms with Gasteiger partial charge in [0.15, 0.2) is 11.0 Å². The van der Waals surface area contributed by atoms with E-state index in [4.69, 9.17) is 0 Å². The number of hydrogen-bond donors (Lipinski definition) is 2. The van der Waals surface area contributed by atoms with E-state index in [-0.39, 0.29) is 11.7 Å². The number of halogens is 1. The summed E-state index contributed by atoms with van der Waals surface area (Å²) < 4.78 is 15.2. The summed E-state index contributed by atoms with van der Waals surface area (Å²) in [6.45, 7) is 1.06. The van der Waals surface area contributed by atoms with E-state index in [0.29, 0.717) is 30.0 Å². The van der Waals surface area contributed by atoms with E-state index in [9.17, 15) is 9.18 Å². The van der Waals surface area contributed by atoms with Crippen molar-refractivity contribution in [2.45, 2.75) is 56.4 Å². The highest BCUT2D eigenvalue weighted by Crippen LogP contribution is 2.21. The topological polar surface area (TPSA) is 71.8 Å². The summed E-state index contributed by atoms with van der Waals surface area (Å²) in [4.78, 5) is 12.5. The number of amides is 1. The Balaban J connectivity index is 1.43. The van der Waals surface area contributed by atoms with E-state index in [1.807, 2.05) is 22.8 Å². The van der Waals surface area contributed by atoms with Crippen LogP contribution in [0.25, 0.3) is 0 Å². The third-order valence-corrected chi connectivity index (χ3v) is 6.54. The predicted molar refractivity (Wildman–Crippen MR) is 125 cm³/mol. The molecule has 1 aromatic heterocycles. The Morgan fingerprint density at radius 1 is 1.03 bits per heavy atom. The summed E-state index contributed by atoms with van der Waals surface area (Å²) >= 11 is 1.41. The minimum Gasteiger partial charge on any atom is -0.378 e. The molecule has 8 heteroatoms. The molecule has 1 amide bonds. The summed E-state index contributed by atoms with van der Waals surface area (Å²) in [6, 6.07) is 16.6. The third-order valence-electron chi connectivity index (χ3n) is 5.57. The van der Waals surface area contributed by atoms with Crippen molar-refractivity contribution in [2.75, 3.05) is 11.1 Å². The number of carbonyl (C=O) groups excluding carboxylic acids is 1. The number of nitrogens with one attached hydrogen (secondary N) is 2. The highest BCUT2D eigenvalue weighted by molar-refractivity contribution is 7.99. The van der Waals surface area contributed by atoms with Crippen LogP contribution in [0.2, 0.25) is 0 Å². The van der Waals surface area contributed by atoms with Gasteiger partial charge in [-0.2, -0.15) is 0 Å². The standard InChI is InChI=1S/C24H28FN5OS/c25-19-11-13-20(14-12-19)26-15-22-28-29-24(30(22)16-18-7-3-1-4-8-18)32-17-23(31)27-21-9-5-2-6-10-21/h1,3-4,7-8,11-14,21,26H,2,5-6,9-10,15-17H2,(H,27,31). The van der Waals surface area contributed by atoms with Gasteiger partial charge in [0.05, 0.1) is 18.8 Å². The van der Waals surface area contributed by atoms with Crippen molar-refractivity contribution in [3.63, 3.8) is 0 Å². The van der Waals surface area contributed by atoms with Gasteiger partial charge in [-0.25, -0.2) is 4.39 Å². The average molecular weight is 454 g/mol. The van der Waals surface area contributed by atoms with Gasteiger partial charge in [-0.15, -0.1) is 10.2 Å². The van der Waals surface area contributed by atoms with Gasteiger partial charge < -0.3 is 15.2 Å². The lowest BCUT2D eigenvalue weighted by atomic mass is 9.95. The molecule has 6 nitrogen and oxygen atoms in total. The fourth-order valence-corrected chi connectivity index (χ4v) is 4.64. The number of carbonyl (C=O) groups is 1. The van der Waals surface area contributed by atoms with Crippen LogP contribution >= 0.6 is 11.8 Å². The Bertz CT molecular complexity index is 1000. The number of aromatic nitrogens is 3. The van der Waals surface area contributed by atoms with Crippen molar-refractivity contribution in [2.24, 2.45) is 0 Å². The minimum atomic E-state index is -0.270. The van der Waals surface area contributed by atoms with Crippen molar-refractivity contribution in [3.05, 3.63) is 71.8 Å². The average Bonchev–Trinajstić information content (AvgIpc) is 3.20. The molecule has 168 valence electrons. The molecule has 0 spiro atoms. The van der Waals surface area contributed by atoms with Crippen molar-refractivity contribution in [1.29, 1.82) is 0 Å². The van der Waals surface area contributed by atoms with E-state index in [1.54, 1.807) is 12.1 Å². The number of anilines is 1. The summed E-state index contributed by atoms with van der Waals surface area (Å²) in [5.74, 6) is 0.845. The minimum absolute atomic E-state index is 0.0437. The van der Waals surface area contributed by atoms with Gasteiger partial charge in [-0.1, -0.05) is 61.4 Å². The Kier molecular flexibility index (Phi) is 7.77. The number of hydrogen-bond acceptors (Lipinski definition) is 5. The number of thioether (sulfide) groups is 1. The summed E-state index contributed by atoms with van der Waals surface area (Å²) in [7, 11) is 0. The van der Waals surface area contributed by atoms with Crippen molar-refractivity contribution in [1.82, 2.24) is 20.1 Å². The monoisotopic (exact) mass is 453 g/mol. The molecule has 0 saturated heterocycles. The highest BCUT2D eigenvalue weighted by atomic mass is 32.2. The quantitative estimate of drug-likeness (QED) is 0.463. The number of rotatable bonds is 9. The smallest absolute Gasteiger partial charge is 0.230 e. The van der Waals surface area contributed by atoms with Crippen LogP contribution in [-0.4, -0.2) is 32.5 Å². The zero-order valence-electron chi connectivity index (χ0n) is 18.0. The van der Waals surface area contributed by atoms with Crippen LogP contribution in [0.4, 0.5) is 10.1 Å². The first kappa shape index (κ1) is 22.3. The number of benzene rings is 2. The first-order chi connectivity index (χ1) is 15.7. The van der Waals surface area contributed by atoms with Gasteiger partial charge in [-0.05, 0) is 42.7 Å². The lowest BCUT2D eigenvalue weighted by Gasteiger charge is -2.22. The van der Waals surface area contributed by atoms with Crippen LogP contribution in [0, 0.1) is 5.82 Å². The predicted octanol–water partition coefficient (Wildman–Crippen LogP) is 4.62. The molecular weight excluding hydrogens is 425 g/mol. The first-order valence-electron chi connectivity index (χ1n) is 11.0. The van der Waals surface area contributed by atoms with Gasteiger partial charge in [0.1, 0.15) is 5.82 Å². The molecule has 0 radical (unpaired) electrons. The van der Waals surface area contributed by atoms with Crippen molar-refractivity contribution >= 4 is 23.4 Å². The van der Waals surface area contributed by atoms with E-state index in [2.05, 4.69) is 33.0 Å². The molecule has 32 heavy (non-hydrogen) atoms. The molecule has 0 bridgehead atoms. The van der Waals surface area contributed by atoms with Gasteiger partial charge in [0.25, 0.3) is 0 Å². The van der Waals surface area contributed by atoms with Crippen LogP contribution in [0.1, 0.15) is 43.5 Å². The van der Waals surface area contributed by atoms with Crippen LogP contribution in [0.15, 0.2) is 59.8 Å². The Hall–Kier alpha value is -2.87. The fourth-order valence-electron chi connectivity index (χ4n) is 3.88. The summed E-state index contributed by atoms with van der Waals surface area (Å²) in [5.41, 5.74) is 1.94. The van der Waals surface area contributed by atoms with E-state index in [1.165, 1.54) is 43.2 Å². The second-order valence-electron chi connectivity index (χ2n) is 8.02. The zero-order valence-corrected chi connectivity index (χ0v) is 18.8. The van der Waals surface area contributed by atoms with Gasteiger partial charge in [-0.3, -0.25) is 4.79 Å². The highest BCUT2D eigenvalue weighted by Gasteiger charge is 2.18. The molecule has 2 N–H and O–H groups in total. The first-order valence-corrected chi connectivity index (χ1v) is 12.0. The number of nitrogens with zero attached hydrogens (tertiary/aromatic N) is 3. The van der Waals surface area contributed by atoms with Gasteiger partial charge >= 0.3 is 0 Å². The molecular formula is C24H28FN5OS. The lowest BCUT2D eigenvalue weighted by Crippen LogP contribution is -2.37.